The quantitative estimate of drug-likeness (QED) is 0.396. The van der Waals surface area contributed by atoms with Gasteiger partial charge < -0.3 is 19.7 Å². The minimum absolute atomic E-state index is 0. The minimum atomic E-state index is 0. The third kappa shape index (κ3) is 5.80. The Morgan fingerprint density at radius 2 is 2.00 bits per heavy atom. The lowest BCUT2D eigenvalue weighted by molar-refractivity contribution is 0.119. The lowest BCUT2D eigenvalue weighted by Crippen LogP contribution is -2.54. The average molecular weight is 489 g/mol. The fraction of sp³-hybridized carbons (Fsp3) is 0.789. The zero-order chi connectivity index (χ0) is 18.5. The van der Waals surface area contributed by atoms with E-state index in [2.05, 4.69) is 61.7 Å². The summed E-state index contributed by atoms with van der Waals surface area (Å²) >= 11 is 0. The molecule has 2 fully saturated rings. The molecular weight excluding hydrogens is 453 g/mol. The molecule has 0 aromatic carbocycles. The number of guanidine groups is 1. The number of rotatable bonds is 4. The highest BCUT2D eigenvalue weighted by molar-refractivity contribution is 14.0. The summed E-state index contributed by atoms with van der Waals surface area (Å²) in [4.78, 5) is 16.2. The van der Waals surface area contributed by atoms with Crippen LogP contribution in [0.3, 0.4) is 0 Å². The van der Waals surface area contributed by atoms with Gasteiger partial charge in [0.2, 0.25) is 0 Å². The highest BCUT2D eigenvalue weighted by Gasteiger charge is 2.29. The lowest BCUT2D eigenvalue weighted by Gasteiger charge is -2.40. The number of piperazine rings is 1. The molecule has 0 saturated carbocycles. The van der Waals surface area contributed by atoms with Gasteiger partial charge in [0.1, 0.15) is 0 Å². The van der Waals surface area contributed by atoms with Crippen molar-refractivity contribution in [2.24, 2.45) is 10.9 Å². The molecule has 3 unspecified atom stereocenters. The number of piperidine rings is 1. The second-order valence-electron chi connectivity index (χ2n) is 7.91. The number of aromatic nitrogens is 2. The van der Waals surface area contributed by atoms with Crippen LogP contribution in [0.5, 0.6) is 0 Å². The van der Waals surface area contributed by atoms with Crippen molar-refractivity contribution in [2.75, 3.05) is 59.9 Å². The fourth-order valence-corrected chi connectivity index (χ4v) is 4.06. The van der Waals surface area contributed by atoms with Crippen LogP contribution in [0.15, 0.2) is 23.7 Å². The van der Waals surface area contributed by atoms with Crippen molar-refractivity contribution in [3.8, 4) is 0 Å². The van der Waals surface area contributed by atoms with Gasteiger partial charge in [-0.1, -0.05) is 6.92 Å². The number of likely N-dealkylation sites (tertiary alicyclic amines) is 1. The summed E-state index contributed by atoms with van der Waals surface area (Å²) in [6.07, 6.45) is 7.07. The molecule has 7 nitrogen and oxygen atoms in total. The molecule has 2 saturated heterocycles. The van der Waals surface area contributed by atoms with Gasteiger partial charge in [-0.3, -0.25) is 9.89 Å². The number of halogens is 1. The molecule has 0 bridgehead atoms. The zero-order valence-electron chi connectivity index (χ0n) is 17.2. The third-order valence-corrected chi connectivity index (χ3v) is 6.05. The summed E-state index contributed by atoms with van der Waals surface area (Å²) in [6, 6.07) is 0.980. The van der Waals surface area contributed by atoms with E-state index < -0.39 is 0 Å². The van der Waals surface area contributed by atoms with E-state index in [0.717, 1.165) is 51.8 Å². The number of imidazole rings is 1. The first-order valence-corrected chi connectivity index (χ1v) is 9.94. The topological polar surface area (TPSA) is 51.9 Å². The molecular formula is C19H36IN7. The molecule has 1 aromatic rings. The van der Waals surface area contributed by atoms with Crippen LogP contribution in [0, 0.1) is 5.92 Å². The highest BCUT2D eigenvalue weighted by Crippen LogP contribution is 2.27. The first kappa shape index (κ1) is 22.4. The molecule has 2 aliphatic rings. The molecule has 3 rings (SSSR count). The Morgan fingerprint density at radius 3 is 2.63 bits per heavy atom. The highest BCUT2D eigenvalue weighted by atomic mass is 127. The average Bonchev–Trinajstić information content (AvgIpc) is 3.18. The molecule has 0 amide bonds. The monoisotopic (exact) mass is 489 g/mol. The van der Waals surface area contributed by atoms with Crippen LogP contribution in [0.25, 0.3) is 0 Å². The normalized spacial score (nSPS) is 26.5. The smallest absolute Gasteiger partial charge is 0.193 e. The molecule has 3 atom stereocenters. The van der Waals surface area contributed by atoms with E-state index in [4.69, 9.17) is 0 Å². The lowest BCUT2D eigenvalue weighted by atomic mass is 9.93. The van der Waals surface area contributed by atoms with E-state index in [1.54, 1.807) is 0 Å². The first-order chi connectivity index (χ1) is 12.6. The molecule has 0 radical (unpaired) electrons. The molecule has 1 aromatic heterocycles. The standard InChI is InChI=1S/C19H35N7.HI/c1-16-5-7-25(14-18(16)26-8-6-21-15-26)19(20-3)22-13-17(2)24-11-9-23(4)10-12-24;/h6,8,15-18H,5,7,9-14H2,1-4H3,(H,20,22);1H. The molecule has 0 aliphatic carbocycles. The summed E-state index contributed by atoms with van der Waals surface area (Å²) in [5.74, 6) is 1.69. The number of likely N-dealkylation sites (N-methyl/N-ethyl adjacent to an activating group) is 1. The molecule has 3 heterocycles. The van der Waals surface area contributed by atoms with Gasteiger partial charge in [0.15, 0.2) is 5.96 Å². The van der Waals surface area contributed by atoms with Gasteiger partial charge >= 0.3 is 0 Å². The van der Waals surface area contributed by atoms with E-state index in [1.165, 1.54) is 6.42 Å². The largest absolute Gasteiger partial charge is 0.355 e. The second-order valence-corrected chi connectivity index (χ2v) is 7.91. The van der Waals surface area contributed by atoms with Crippen molar-refractivity contribution in [1.29, 1.82) is 0 Å². The molecule has 0 spiro atoms. The number of hydrogen-bond donors (Lipinski definition) is 1. The van der Waals surface area contributed by atoms with Crippen molar-refractivity contribution >= 4 is 29.9 Å². The van der Waals surface area contributed by atoms with Gasteiger partial charge in [-0.15, -0.1) is 24.0 Å². The summed E-state index contributed by atoms with van der Waals surface area (Å²) < 4.78 is 2.25. The van der Waals surface area contributed by atoms with Crippen molar-refractivity contribution in [3.63, 3.8) is 0 Å². The fourth-order valence-electron chi connectivity index (χ4n) is 4.06. The molecule has 2 aliphatic heterocycles. The van der Waals surface area contributed by atoms with Crippen molar-refractivity contribution in [1.82, 2.24) is 29.6 Å². The molecule has 27 heavy (non-hydrogen) atoms. The number of nitrogens with zero attached hydrogens (tertiary/aromatic N) is 6. The Kier molecular flexibility index (Phi) is 8.81. The maximum Gasteiger partial charge on any atom is 0.193 e. The minimum Gasteiger partial charge on any atom is -0.355 e. The Morgan fingerprint density at radius 1 is 1.26 bits per heavy atom. The molecule has 1 N–H and O–H groups in total. The van der Waals surface area contributed by atoms with Gasteiger partial charge in [-0.05, 0) is 26.3 Å². The second kappa shape index (κ2) is 10.6. The van der Waals surface area contributed by atoms with Crippen LogP contribution in [0.4, 0.5) is 0 Å². The van der Waals surface area contributed by atoms with E-state index in [9.17, 15) is 0 Å². The van der Waals surface area contributed by atoms with Gasteiger partial charge in [-0.25, -0.2) is 4.98 Å². The van der Waals surface area contributed by atoms with Gasteiger partial charge in [0.25, 0.3) is 0 Å². The van der Waals surface area contributed by atoms with Crippen molar-refractivity contribution in [2.45, 2.75) is 32.4 Å². The van der Waals surface area contributed by atoms with Crippen LogP contribution in [-0.2, 0) is 0 Å². The summed E-state index contributed by atoms with van der Waals surface area (Å²) in [6.45, 7) is 12.3. The Labute approximate surface area is 181 Å². The number of nitrogens with one attached hydrogen (secondary N) is 1. The Balaban J connectivity index is 0.00000261. The van der Waals surface area contributed by atoms with Gasteiger partial charge in [0.05, 0.1) is 12.4 Å². The van der Waals surface area contributed by atoms with Crippen LogP contribution < -0.4 is 5.32 Å². The van der Waals surface area contributed by atoms with Crippen molar-refractivity contribution < 1.29 is 0 Å². The van der Waals surface area contributed by atoms with Crippen LogP contribution in [0.1, 0.15) is 26.3 Å². The molecule has 8 heteroatoms. The SMILES string of the molecule is CN=C(NCC(C)N1CCN(C)CC1)N1CCC(C)C(n2ccnc2)C1.I. The van der Waals surface area contributed by atoms with E-state index in [0.29, 0.717) is 18.0 Å². The Bertz CT molecular complexity index is 569. The zero-order valence-corrected chi connectivity index (χ0v) is 19.5. The van der Waals surface area contributed by atoms with E-state index in [-0.39, 0.29) is 24.0 Å². The third-order valence-electron chi connectivity index (χ3n) is 6.05. The predicted molar refractivity (Wildman–Crippen MR) is 122 cm³/mol. The van der Waals surface area contributed by atoms with Gasteiger partial charge in [-0.2, -0.15) is 0 Å². The summed E-state index contributed by atoms with van der Waals surface area (Å²) in [7, 11) is 4.10. The van der Waals surface area contributed by atoms with Crippen LogP contribution >= 0.6 is 24.0 Å². The maximum absolute atomic E-state index is 4.56. The van der Waals surface area contributed by atoms with Crippen molar-refractivity contribution in [3.05, 3.63) is 18.7 Å². The predicted octanol–water partition coefficient (Wildman–Crippen LogP) is 1.60. The Hall–Kier alpha value is -0.870. The molecule has 154 valence electrons. The van der Waals surface area contributed by atoms with E-state index in [1.807, 2.05) is 19.6 Å². The van der Waals surface area contributed by atoms with Gasteiger partial charge in [0, 0.05) is 71.3 Å². The maximum atomic E-state index is 4.56. The summed E-state index contributed by atoms with van der Waals surface area (Å²) in [5, 5.41) is 3.62. The van der Waals surface area contributed by atoms with E-state index >= 15 is 0 Å². The van der Waals surface area contributed by atoms with Crippen LogP contribution in [0.2, 0.25) is 0 Å². The number of hydrogen-bond acceptors (Lipinski definition) is 4. The first-order valence-electron chi connectivity index (χ1n) is 9.94. The number of aliphatic imine (C=N–C) groups is 1. The van der Waals surface area contributed by atoms with Crippen LogP contribution in [-0.4, -0.2) is 96.2 Å². The summed E-state index contributed by atoms with van der Waals surface area (Å²) in [5.41, 5.74) is 0.